The third-order valence-corrected chi connectivity index (χ3v) is 5.69. The smallest absolute Gasteiger partial charge is 0.258 e. The van der Waals surface area contributed by atoms with E-state index in [1.54, 1.807) is 6.07 Å². The predicted molar refractivity (Wildman–Crippen MR) is 112 cm³/mol. The number of hydrogen-bond acceptors (Lipinski definition) is 7. The molecule has 1 aliphatic heterocycles. The molecule has 0 spiro atoms. The van der Waals surface area contributed by atoms with Gasteiger partial charge in [0, 0.05) is 24.4 Å². The van der Waals surface area contributed by atoms with Gasteiger partial charge in [-0.1, -0.05) is 17.3 Å². The fraction of sp³-hybridized carbons (Fsp3) is 0.318. The van der Waals surface area contributed by atoms with Crippen LogP contribution in [0.1, 0.15) is 6.04 Å². The topological polar surface area (TPSA) is 121 Å². The Morgan fingerprint density at radius 3 is 2.56 bits per heavy atom. The summed E-state index contributed by atoms with van der Waals surface area (Å²) in [5.74, 6) is -3.59. The molecule has 1 aromatic heterocycles. The normalized spacial score (nSPS) is 24.7. The average Bonchev–Trinajstić information content (AvgIpc) is 3.30. The average molecular weight is 478 g/mol. The lowest BCUT2D eigenvalue weighted by Crippen LogP contribution is -2.60. The molecular weight excluding hydrogens is 457 g/mol. The van der Waals surface area contributed by atoms with Gasteiger partial charge < -0.3 is 25.0 Å². The molecule has 1 saturated heterocycles. The van der Waals surface area contributed by atoms with Crippen LogP contribution in [-0.4, -0.2) is 74.3 Å². The standard InChI is InChI=1S/C22H21F3N4O5/c1-28(13-5-6-14(24)15(25)8-13)22(33)21-20(32)18(19(31)17(10-30)34-21)29-9-16(26-27-29)11-3-2-4-12(23)7-11/h2-9,17-21,30-32H,10H2,1H3/t17?,18-,19-,20?,21+/m0/s1. The van der Waals surface area contributed by atoms with Gasteiger partial charge in [-0.25, -0.2) is 17.9 Å². The maximum absolute atomic E-state index is 13.6. The molecule has 12 heteroatoms. The number of amides is 1. The first-order valence-electron chi connectivity index (χ1n) is 10.2. The van der Waals surface area contributed by atoms with Crippen molar-refractivity contribution in [1.82, 2.24) is 15.0 Å². The summed E-state index contributed by atoms with van der Waals surface area (Å²) >= 11 is 0. The Labute approximate surface area is 191 Å². The van der Waals surface area contributed by atoms with Crippen LogP contribution in [0.2, 0.25) is 0 Å². The van der Waals surface area contributed by atoms with Gasteiger partial charge >= 0.3 is 0 Å². The molecule has 0 aliphatic carbocycles. The summed E-state index contributed by atoms with van der Waals surface area (Å²) in [6.07, 6.45) is -4.67. The molecule has 2 heterocycles. The molecule has 0 saturated carbocycles. The first-order valence-corrected chi connectivity index (χ1v) is 10.2. The largest absolute Gasteiger partial charge is 0.394 e. The molecule has 3 N–H and O–H groups in total. The Morgan fingerprint density at radius 1 is 1.12 bits per heavy atom. The zero-order chi connectivity index (χ0) is 24.6. The van der Waals surface area contributed by atoms with Gasteiger partial charge in [-0.2, -0.15) is 0 Å². The SMILES string of the molecule is CN(C(=O)[C@@H]1OC(CO)[C@H](O)[C@H](n2cc(-c3cccc(F)c3)nn2)C1O)c1ccc(F)c(F)c1. The van der Waals surface area contributed by atoms with E-state index in [-0.39, 0.29) is 11.4 Å². The van der Waals surface area contributed by atoms with E-state index in [0.29, 0.717) is 5.56 Å². The molecule has 1 amide bonds. The van der Waals surface area contributed by atoms with Crippen molar-refractivity contribution in [2.24, 2.45) is 0 Å². The number of halogens is 3. The molecule has 4 rings (SSSR count). The van der Waals surface area contributed by atoms with E-state index in [4.69, 9.17) is 4.74 Å². The number of rotatable bonds is 5. The van der Waals surface area contributed by atoms with Crippen LogP contribution in [0.25, 0.3) is 11.3 Å². The molecule has 1 fully saturated rings. The maximum atomic E-state index is 13.6. The first-order chi connectivity index (χ1) is 16.2. The summed E-state index contributed by atoms with van der Waals surface area (Å²) < 4.78 is 47.0. The maximum Gasteiger partial charge on any atom is 0.258 e. The summed E-state index contributed by atoms with van der Waals surface area (Å²) in [5, 5.41) is 39.2. The number of aliphatic hydroxyl groups excluding tert-OH is 3. The van der Waals surface area contributed by atoms with Crippen molar-refractivity contribution in [2.75, 3.05) is 18.6 Å². The van der Waals surface area contributed by atoms with Crippen LogP contribution < -0.4 is 4.90 Å². The van der Waals surface area contributed by atoms with E-state index in [1.165, 1.54) is 37.5 Å². The number of hydrogen-bond donors (Lipinski definition) is 3. The molecule has 0 bridgehead atoms. The Morgan fingerprint density at radius 2 is 1.88 bits per heavy atom. The van der Waals surface area contributed by atoms with E-state index in [2.05, 4.69) is 10.3 Å². The zero-order valence-electron chi connectivity index (χ0n) is 17.8. The minimum Gasteiger partial charge on any atom is -0.394 e. The Kier molecular flexibility index (Phi) is 6.66. The van der Waals surface area contributed by atoms with Crippen LogP contribution in [-0.2, 0) is 9.53 Å². The monoisotopic (exact) mass is 478 g/mol. The zero-order valence-corrected chi connectivity index (χ0v) is 17.8. The van der Waals surface area contributed by atoms with Gasteiger partial charge in [-0.15, -0.1) is 5.10 Å². The Balaban J connectivity index is 1.63. The summed E-state index contributed by atoms with van der Waals surface area (Å²) in [6, 6.07) is 7.11. The van der Waals surface area contributed by atoms with Crippen LogP contribution in [0.5, 0.6) is 0 Å². The van der Waals surface area contributed by atoms with Gasteiger partial charge in [-0.3, -0.25) is 4.79 Å². The fourth-order valence-electron chi connectivity index (χ4n) is 3.83. The number of aromatic nitrogens is 3. The van der Waals surface area contributed by atoms with Crippen LogP contribution in [0, 0.1) is 17.5 Å². The van der Waals surface area contributed by atoms with Crippen LogP contribution >= 0.6 is 0 Å². The van der Waals surface area contributed by atoms with E-state index < -0.39 is 60.4 Å². The van der Waals surface area contributed by atoms with Crippen molar-refractivity contribution in [3.05, 3.63) is 66.1 Å². The number of ether oxygens (including phenoxy) is 1. The van der Waals surface area contributed by atoms with Gasteiger partial charge in [-0.05, 0) is 24.3 Å². The number of benzene rings is 2. The molecule has 9 nitrogen and oxygen atoms in total. The van der Waals surface area contributed by atoms with Gasteiger partial charge in [0.05, 0.1) is 12.8 Å². The van der Waals surface area contributed by atoms with Crippen LogP contribution in [0.3, 0.4) is 0 Å². The van der Waals surface area contributed by atoms with Gasteiger partial charge in [0.15, 0.2) is 17.7 Å². The van der Waals surface area contributed by atoms with Crippen LogP contribution in [0.4, 0.5) is 18.9 Å². The molecule has 2 unspecified atom stereocenters. The van der Waals surface area contributed by atoms with Crippen molar-refractivity contribution in [3.8, 4) is 11.3 Å². The van der Waals surface area contributed by atoms with E-state index in [0.717, 1.165) is 21.7 Å². The second-order valence-corrected chi connectivity index (χ2v) is 7.84. The number of carbonyl (C=O) groups is 1. The lowest BCUT2D eigenvalue weighted by atomic mass is 9.92. The van der Waals surface area contributed by atoms with Crippen molar-refractivity contribution in [2.45, 2.75) is 30.5 Å². The number of nitrogens with zero attached hydrogens (tertiary/aromatic N) is 4. The molecule has 3 aromatic rings. The quantitative estimate of drug-likeness (QED) is 0.501. The minimum absolute atomic E-state index is 0.00272. The minimum atomic E-state index is -1.67. The summed E-state index contributed by atoms with van der Waals surface area (Å²) in [4.78, 5) is 14.0. The third kappa shape index (κ3) is 4.40. The van der Waals surface area contributed by atoms with E-state index in [9.17, 15) is 33.3 Å². The second kappa shape index (κ2) is 9.50. The Bertz CT molecular complexity index is 1190. The highest BCUT2D eigenvalue weighted by molar-refractivity contribution is 5.96. The van der Waals surface area contributed by atoms with Gasteiger partial charge in [0.1, 0.15) is 35.9 Å². The van der Waals surface area contributed by atoms with Crippen LogP contribution in [0.15, 0.2) is 48.7 Å². The highest BCUT2D eigenvalue weighted by Crippen LogP contribution is 2.32. The van der Waals surface area contributed by atoms with E-state index >= 15 is 0 Å². The molecule has 0 radical (unpaired) electrons. The number of likely N-dealkylation sites (N-methyl/N-ethyl adjacent to an activating group) is 1. The van der Waals surface area contributed by atoms with Gasteiger partial charge in [0.2, 0.25) is 0 Å². The predicted octanol–water partition coefficient (Wildman–Crippen LogP) is 1.05. The highest BCUT2D eigenvalue weighted by atomic mass is 19.2. The van der Waals surface area contributed by atoms with E-state index in [1.807, 2.05) is 0 Å². The first kappa shape index (κ1) is 23.8. The van der Waals surface area contributed by atoms with Crippen molar-refractivity contribution in [1.29, 1.82) is 0 Å². The second-order valence-electron chi connectivity index (χ2n) is 7.84. The molecule has 2 aromatic carbocycles. The summed E-state index contributed by atoms with van der Waals surface area (Å²) in [5.41, 5.74) is 0.636. The van der Waals surface area contributed by atoms with Crippen molar-refractivity contribution < 1.29 is 38.0 Å². The lowest BCUT2D eigenvalue weighted by molar-refractivity contribution is -0.205. The van der Waals surface area contributed by atoms with Crippen molar-refractivity contribution >= 4 is 11.6 Å². The molecule has 180 valence electrons. The Hall–Kier alpha value is -3.32. The summed E-state index contributed by atoms with van der Waals surface area (Å²) in [7, 11) is 1.27. The summed E-state index contributed by atoms with van der Waals surface area (Å²) in [6.45, 7) is -0.686. The highest BCUT2D eigenvalue weighted by Gasteiger charge is 2.49. The number of carbonyl (C=O) groups excluding carboxylic acids is 1. The molecule has 34 heavy (non-hydrogen) atoms. The van der Waals surface area contributed by atoms with Gasteiger partial charge in [0.25, 0.3) is 5.91 Å². The molecule has 1 aliphatic rings. The number of aliphatic hydroxyl groups is 3. The number of anilines is 1. The third-order valence-electron chi connectivity index (χ3n) is 5.69. The van der Waals surface area contributed by atoms with Crippen molar-refractivity contribution in [3.63, 3.8) is 0 Å². The lowest BCUT2D eigenvalue weighted by Gasteiger charge is -2.42. The fourth-order valence-corrected chi connectivity index (χ4v) is 3.83. The molecule has 5 atom stereocenters. The molecular formula is C22H21F3N4O5.